The highest BCUT2D eigenvalue weighted by Crippen LogP contribution is 2.31. The number of rotatable bonds is 5. The molecule has 0 aliphatic heterocycles. The Balaban J connectivity index is 2.18. The van der Waals surface area contributed by atoms with E-state index in [-0.39, 0.29) is 0 Å². The molecule has 112 valence electrons. The topological polar surface area (TPSA) is 67.0 Å². The van der Waals surface area contributed by atoms with Gasteiger partial charge in [-0.3, -0.25) is 0 Å². The molecule has 5 heteroatoms. The van der Waals surface area contributed by atoms with E-state index in [9.17, 15) is 4.79 Å². The van der Waals surface area contributed by atoms with Crippen molar-refractivity contribution in [1.29, 1.82) is 0 Å². The van der Waals surface area contributed by atoms with Crippen LogP contribution in [0.3, 0.4) is 0 Å². The van der Waals surface area contributed by atoms with Gasteiger partial charge in [-0.2, -0.15) is 0 Å². The molecule has 2 N–H and O–H groups in total. The molecular formula is C17H17N3O2. The van der Waals surface area contributed by atoms with Gasteiger partial charge in [0.2, 0.25) is 0 Å². The van der Waals surface area contributed by atoms with Crippen LogP contribution in [-0.2, 0) is 4.74 Å². The maximum atomic E-state index is 11.9. The number of esters is 1. The van der Waals surface area contributed by atoms with E-state index in [2.05, 4.69) is 21.9 Å². The number of carbonyl (C=O) groups is 1. The fourth-order valence-electron chi connectivity index (χ4n) is 2.50. The quantitative estimate of drug-likeness (QED) is 0.558. The number of nitrogens with zero attached hydrogens (tertiary/aromatic N) is 1. The van der Waals surface area contributed by atoms with Gasteiger partial charge in [0.15, 0.2) is 0 Å². The maximum absolute atomic E-state index is 11.9. The first-order chi connectivity index (χ1) is 10.7. The largest absolute Gasteiger partial charge is 0.461 e. The molecule has 3 aromatic rings. The van der Waals surface area contributed by atoms with Crippen molar-refractivity contribution in [2.45, 2.75) is 6.92 Å². The number of H-pyrrole nitrogens is 1. The Hall–Kier alpha value is -2.82. The van der Waals surface area contributed by atoms with Crippen LogP contribution in [-0.4, -0.2) is 29.1 Å². The van der Waals surface area contributed by atoms with Crippen LogP contribution in [0.15, 0.2) is 43.1 Å². The zero-order valence-electron chi connectivity index (χ0n) is 12.3. The molecule has 0 amide bonds. The third-order valence-corrected chi connectivity index (χ3v) is 3.43. The van der Waals surface area contributed by atoms with E-state index in [1.807, 2.05) is 18.2 Å². The summed E-state index contributed by atoms with van der Waals surface area (Å²) < 4.78 is 5.02. The predicted octanol–water partition coefficient (Wildman–Crippen LogP) is 3.49. The summed E-state index contributed by atoms with van der Waals surface area (Å²) in [6.45, 7) is 6.50. The molecule has 0 atom stereocenters. The summed E-state index contributed by atoms with van der Waals surface area (Å²) in [7, 11) is 0. The van der Waals surface area contributed by atoms with Crippen molar-refractivity contribution in [3.63, 3.8) is 0 Å². The minimum Gasteiger partial charge on any atom is -0.461 e. The SMILES string of the molecule is C=CCNc1cccc2[nH]c3cnc(C(=O)OCC)cc3c12. The normalized spacial score (nSPS) is 10.8. The Morgan fingerprint density at radius 2 is 2.32 bits per heavy atom. The lowest BCUT2D eigenvalue weighted by molar-refractivity contribution is 0.0520. The Morgan fingerprint density at radius 3 is 3.09 bits per heavy atom. The fraction of sp³-hybridized carbons (Fsp3) is 0.176. The Morgan fingerprint density at radius 1 is 1.45 bits per heavy atom. The van der Waals surface area contributed by atoms with Crippen molar-refractivity contribution in [2.75, 3.05) is 18.5 Å². The zero-order chi connectivity index (χ0) is 15.5. The van der Waals surface area contributed by atoms with Crippen LogP contribution in [0, 0.1) is 0 Å². The van der Waals surface area contributed by atoms with Crippen LogP contribution in [0.1, 0.15) is 17.4 Å². The minimum absolute atomic E-state index is 0.314. The van der Waals surface area contributed by atoms with Crippen molar-refractivity contribution < 1.29 is 9.53 Å². The van der Waals surface area contributed by atoms with Crippen molar-refractivity contribution in [3.8, 4) is 0 Å². The molecule has 0 unspecified atom stereocenters. The molecule has 0 saturated carbocycles. The van der Waals surface area contributed by atoms with Gasteiger partial charge in [0.05, 0.1) is 18.3 Å². The number of carbonyl (C=O) groups excluding carboxylic acids is 1. The van der Waals surface area contributed by atoms with Crippen LogP contribution in [0.5, 0.6) is 0 Å². The molecule has 2 aromatic heterocycles. The number of hydrogen-bond donors (Lipinski definition) is 2. The number of benzene rings is 1. The molecule has 3 rings (SSSR count). The summed E-state index contributed by atoms with van der Waals surface area (Å²) in [5.74, 6) is -0.407. The molecule has 5 nitrogen and oxygen atoms in total. The second-order valence-corrected chi connectivity index (χ2v) is 4.86. The summed E-state index contributed by atoms with van der Waals surface area (Å²) >= 11 is 0. The summed E-state index contributed by atoms with van der Waals surface area (Å²) in [6.07, 6.45) is 3.47. The minimum atomic E-state index is -0.407. The van der Waals surface area contributed by atoms with Crippen LogP contribution in [0.25, 0.3) is 21.8 Å². The van der Waals surface area contributed by atoms with Gasteiger partial charge >= 0.3 is 5.97 Å². The molecule has 1 aromatic carbocycles. The average molecular weight is 295 g/mol. The number of pyridine rings is 1. The van der Waals surface area contributed by atoms with Gasteiger partial charge in [-0.1, -0.05) is 12.1 Å². The predicted molar refractivity (Wildman–Crippen MR) is 88.2 cm³/mol. The highest BCUT2D eigenvalue weighted by Gasteiger charge is 2.13. The summed E-state index contributed by atoms with van der Waals surface area (Å²) in [6, 6.07) is 7.75. The molecule has 0 aliphatic rings. The number of anilines is 1. The lowest BCUT2D eigenvalue weighted by Gasteiger charge is -2.06. The third-order valence-electron chi connectivity index (χ3n) is 3.43. The standard InChI is InChI=1S/C17H17N3O2/c1-3-8-18-12-6-5-7-13-16(12)11-9-14(17(21)22-4-2)19-10-15(11)20-13/h3,5-7,9-10,18,20H,1,4,8H2,2H3. The molecule has 0 fully saturated rings. The second-order valence-electron chi connectivity index (χ2n) is 4.86. The average Bonchev–Trinajstić information content (AvgIpc) is 2.91. The van der Waals surface area contributed by atoms with Crippen LogP contribution >= 0.6 is 0 Å². The van der Waals surface area contributed by atoms with Gasteiger partial charge in [-0.05, 0) is 25.1 Å². The zero-order valence-corrected chi connectivity index (χ0v) is 12.3. The molecule has 0 bridgehead atoms. The number of aromatic nitrogens is 2. The van der Waals surface area contributed by atoms with Gasteiger partial charge in [0, 0.05) is 28.5 Å². The van der Waals surface area contributed by atoms with E-state index in [4.69, 9.17) is 4.74 Å². The lowest BCUT2D eigenvalue weighted by atomic mass is 10.1. The Kier molecular flexibility index (Phi) is 3.78. The van der Waals surface area contributed by atoms with Gasteiger partial charge < -0.3 is 15.0 Å². The molecular weight excluding hydrogens is 278 g/mol. The first-order valence-corrected chi connectivity index (χ1v) is 7.17. The smallest absolute Gasteiger partial charge is 0.356 e. The summed E-state index contributed by atoms with van der Waals surface area (Å²) in [4.78, 5) is 19.4. The van der Waals surface area contributed by atoms with E-state index < -0.39 is 5.97 Å². The molecule has 0 radical (unpaired) electrons. The van der Waals surface area contributed by atoms with E-state index in [1.165, 1.54) is 0 Å². The van der Waals surface area contributed by atoms with Crippen LogP contribution < -0.4 is 5.32 Å². The maximum Gasteiger partial charge on any atom is 0.356 e. The number of fused-ring (bicyclic) bond motifs is 3. The number of hydrogen-bond acceptors (Lipinski definition) is 4. The molecule has 22 heavy (non-hydrogen) atoms. The summed E-state index contributed by atoms with van der Waals surface area (Å²) in [5, 5.41) is 5.29. The Labute approximate surface area is 128 Å². The van der Waals surface area contributed by atoms with Crippen LogP contribution in [0.2, 0.25) is 0 Å². The summed E-state index contributed by atoms with van der Waals surface area (Å²) in [5.41, 5.74) is 3.18. The molecule has 0 saturated heterocycles. The van der Waals surface area contributed by atoms with Crippen molar-refractivity contribution in [1.82, 2.24) is 9.97 Å². The van der Waals surface area contributed by atoms with Crippen molar-refractivity contribution >= 4 is 33.5 Å². The van der Waals surface area contributed by atoms with E-state index in [0.29, 0.717) is 18.8 Å². The first-order valence-electron chi connectivity index (χ1n) is 7.17. The van der Waals surface area contributed by atoms with Crippen molar-refractivity contribution in [2.24, 2.45) is 0 Å². The van der Waals surface area contributed by atoms with Gasteiger partial charge in [0.1, 0.15) is 5.69 Å². The van der Waals surface area contributed by atoms with Gasteiger partial charge in [0.25, 0.3) is 0 Å². The lowest BCUT2D eigenvalue weighted by Crippen LogP contribution is -2.06. The molecule has 2 heterocycles. The van der Waals surface area contributed by atoms with Crippen molar-refractivity contribution in [3.05, 3.63) is 48.8 Å². The number of aromatic amines is 1. The highest BCUT2D eigenvalue weighted by molar-refractivity contribution is 6.14. The number of nitrogens with one attached hydrogen (secondary N) is 2. The third kappa shape index (κ3) is 2.41. The fourth-order valence-corrected chi connectivity index (χ4v) is 2.50. The Bertz CT molecular complexity index is 852. The van der Waals surface area contributed by atoms with Gasteiger partial charge in [-0.15, -0.1) is 6.58 Å². The van der Waals surface area contributed by atoms with E-state index in [1.54, 1.807) is 25.3 Å². The van der Waals surface area contributed by atoms with E-state index >= 15 is 0 Å². The molecule has 0 spiro atoms. The first kappa shape index (κ1) is 14.1. The van der Waals surface area contributed by atoms with E-state index in [0.717, 1.165) is 27.5 Å². The monoisotopic (exact) mass is 295 g/mol. The van der Waals surface area contributed by atoms with Crippen LogP contribution in [0.4, 0.5) is 5.69 Å². The molecule has 0 aliphatic carbocycles. The second kappa shape index (κ2) is 5.89. The number of ether oxygens (including phenoxy) is 1. The van der Waals surface area contributed by atoms with Gasteiger partial charge in [-0.25, -0.2) is 9.78 Å². The highest BCUT2D eigenvalue weighted by atomic mass is 16.5.